The third-order valence-corrected chi connectivity index (χ3v) is 4.25. The van der Waals surface area contributed by atoms with Crippen molar-refractivity contribution in [3.05, 3.63) is 45.4 Å². The van der Waals surface area contributed by atoms with Crippen molar-refractivity contribution in [2.75, 3.05) is 19.0 Å². The van der Waals surface area contributed by atoms with Gasteiger partial charge in [0.2, 0.25) is 11.8 Å². The van der Waals surface area contributed by atoms with Crippen LogP contribution in [0.25, 0.3) is 0 Å². The van der Waals surface area contributed by atoms with Crippen LogP contribution in [0.1, 0.15) is 29.3 Å². The van der Waals surface area contributed by atoms with Crippen molar-refractivity contribution in [1.82, 2.24) is 10.3 Å². The van der Waals surface area contributed by atoms with Crippen molar-refractivity contribution in [3.8, 4) is 11.8 Å². The highest BCUT2D eigenvalue weighted by atomic mass is 35.5. The Labute approximate surface area is 167 Å². The standard InChI is InChI=1S/C18H19Cl2N3O4/c1-4-8-21-18(25)27-16-11(9-13(20)17(23-16)26-3)15(24)22-14-7-5-6-12(19)10(14)2/h5-7,9H,4,8H2,1-3H3,(H,21,25)(H,22,24). The average molecular weight is 412 g/mol. The molecular weight excluding hydrogens is 393 g/mol. The molecule has 0 saturated carbocycles. The van der Waals surface area contributed by atoms with Gasteiger partial charge in [-0.25, -0.2) is 4.79 Å². The summed E-state index contributed by atoms with van der Waals surface area (Å²) in [5.41, 5.74) is 1.19. The Morgan fingerprint density at radius 2 is 1.93 bits per heavy atom. The number of nitrogens with one attached hydrogen (secondary N) is 2. The zero-order chi connectivity index (χ0) is 20.0. The number of carbonyl (C=O) groups is 2. The van der Waals surface area contributed by atoms with Gasteiger partial charge in [-0.05, 0) is 37.1 Å². The molecule has 1 aromatic heterocycles. The molecule has 2 rings (SSSR count). The van der Waals surface area contributed by atoms with Gasteiger partial charge in [0.1, 0.15) is 10.6 Å². The SMILES string of the molecule is CCCNC(=O)Oc1nc(OC)c(Cl)cc1C(=O)Nc1cccc(Cl)c1C. The quantitative estimate of drug-likeness (QED) is 0.732. The molecule has 2 amide bonds. The Bertz CT molecular complexity index is 859. The molecule has 0 unspecified atom stereocenters. The number of hydrogen-bond donors (Lipinski definition) is 2. The molecule has 27 heavy (non-hydrogen) atoms. The van der Waals surface area contributed by atoms with Crippen LogP contribution in [-0.4, -0.2) is 30.6 Å². The van der Waals surface area contributed by atoms with Crippen LogP contribution in [0.15, 0.2) is 24.3 Å². The average Bonchev–Trinajstić information content (AvgIpc) is 2.64. The van der Waals surface area contributed by atoms with E-state index in [9.17, 15) is 9.59 Å². The largest absolute Gasteiger partial charge is 0.480 e. The van der Waals surface area contributed by atoms with Gasteiger partial charge in [0, 0.05) is 17.3 Å². The molecule has 9 heteroatoms. The van der Waals surface area contributed by atoms with E-state index < -0.39 is 12.0 Å². The highest BCUT2D eigenvalue weighted by molar-refractivity contribution is 6.32. The molecule has 0 saturated heterocycles. The summed E-state index contributed by atoms with van der Waals surface area (Å²) in [5.74, 6) is -0.747. The highest BCUT2D eigenvalue weighted by Crippen LogP contribution is 2.30. The number of nitrogens with zero attached hydrogens (tertiary/aromatic N) is 1. The molecule has 0 aliphatic carbocycles. The molecule has 1 aromatic carbocycles. The maximum Gasteiger partial charge on any atom is 0.413 e. The molecule has 7 nitrogen and oxygen atoms in total. The van der Waals surface area contributed by atoms with Gasteiger partial charge >= 0.3 is 6.09 Å². The number of anilines is 1. The van der Waals surface area contributed by atoms with Crippen LogP contribution in [0.2, 0.25) is 10.0 Å². The van der Waals surface area contributed by atoms with Gasteiger partial charge < -0.3 is 20.1 Å². The first-order chi connectivity index (χ1) is 12.9. The Morgan fingerprint density at radius 1 is 1.19 bits per heavy atom. The molecule has 2 N–H and O–H groups in total. The van der Waals surface area contributed by atoms with Gasteiger partial charge in [0.15, 0.2) is 0 Å². The Balaban J connectivity index is 2.35. The second-order valence-corrected chi connectivity index (χ2v) is 6.33. The Hall–Kier alpha value is -2.51. The predicted octanol–water partition coefficient (Wildman–Crippen LogP) is 4.46. The molecule has 0 aliphatic heterocycles. The van der Waals surface area contributed by atoms with Crippen LogP contribution in [-0.2, 0) is 0 Å². The number of benzene rings is 1. The van der Waals surface area contributed by atoms with Crippen LogP contribution >= 0.6 is 23.2 Å². The number of pyridine rings is 1. The van der Waals surface area contributed by atoms with E-state index >= 15 is 0 Å². The third kappa shape index (κ3) is 5.24. The summed E-state index contributed by atoms with van der Waals surface area (Å²) in [5, 5.41) is 5.87. The van der Waals surface area contributed by atoms with Crippen molar-refractivity contribution >= 4 is 40.9 Å². The Morgan fingerprint density at radius 3 is 2.59 bits per heavy atom. The number of halogens is 2. The number of amides is 2. The van der Waals surface area contributed by atoms with Gasteiger partial charge in [-0.2, -0.15) is 4.98 Å². The van der Waals surface area contributed by atoms with E-state index in [0.29, 0.717) is 22.8 Å². The maximum absolute atomic E-state index is 12.7. The fourth-order valence-electron chi connectivity index (χ4n) is 2.12. The van der Waals surface area contributed by atoms with E-state index in [2.05, 4.69) is 15.6 Å². The highest BCUT2D eigenvalue weighted by Gasteiger charge is 2.21. The molecule has 144 valence electrons. The van der Waals surface area contributed by atoms with Crippen LogP contribution in [0.5, 0.6) is 11.8 Å². The van der Waals surface area contributed by atoms with E-state index in [4.69, 9.17) is 32.7 Å². The lowest BCUT2D eigenvalue weighted by atomic mass is 10.2. The summed E-state index contributed by atoms with van der Waals surface area (Å²) >= 11 is 12.2. The molecule has 1 heterocycles. The smallest absolute Gasteiger partial charge is 0.413 e. The first kappa shape index (κ1) is 20.8. The Kier molecular flexibility index (Phi) is 7.27. The summed E-state index contributed by atoms with van der Waals surface area (Å²) in [7, 11) is 1.37. The molecular formula is C18H19Cl2N3O4. The lowest BCUT2D eigenvalue weighted by Gasteiger charge is -2.13. The minimum absolute atomic E-state index is 0.0215. The van der Waals surface area contributed by atoms with Crippen molar-refractivity contribution in [2.45, 2.75) is 20.3 Å². The predicted molar refractivity (Wildman–Crippen MR) is 104 cm³/mol. The van der Waals surface area contributed by atoms with Gasteiger partial charge in [-0.1, -0.05) is 36.2 Å². The van der Waals surface area contributed by atoms with Crippen molar-refractivity contribution in [3.63, 3.8) is 0 Å². The number of ether oxygens (including phenoxy) is 2. The summed E-state index contributed by atoms with van der Waals surface area (Å²) in [6.07, 6.45) is -0.00451. The minimum Gasteiger partial charge on any atom is -0.480 e. The van der Waals surface area contributed by atoms with Crippen LogP contribution in [0.4, 0.5) is 10.5 Å². The van der Waals surface area contributed by atoms with E-state index in [1.807, 2.05) is 6.92 Å². The van der Waals surface area contributed by atoms with E-state index in [-0.39, 0.29) is 22.3 Å². The van der Waals surface area contributed by atoms with Crippen LogP contribution in [0.3, 0.4) is 0 Å². The van der Waals surface area contributed by atoms with Gasteiger partial charge in [-0.15, -0.1) is 0 Å². The minimum atomic E-state index is -0.735. The second kappa shape index (κ2) is 9.43. The molecule has 0 radical (unpaired) electrons. The number of carbonyl (C=O) groups excluding carboxylic acids is 2. The van der Waals surface area contributed by atoms with E-state index in [1.54, 1.807) is 25.1 Å². The van der Waals surface area contributed by atoms with Crippen molar-refractivity contribution < 1.29 is 19.1 Å². The van der Waals surface area contributed by atoms with Crippen LogP contribution in [0, 0.1) is 6.92 Å². The fourth-order valence-corrected chi connectivity index (χ4v) is 2.53. The van der Waals surface area contributed by atoms with Crippen molar-refractivity contribution in [2.24, 2.45) is 0 Å². The zero-order valence-corrected chi connectivity index (χ0v) is 16.6. The van der Waals surface area contributed by atoms with Crippen LogP contribution < -0.4 is 20.1 Å². The maximum atomic E-state index is 12.7. The number of methoxy groups -OCH3 is 1. The fraction of sp³-hybridized carbons (Fsp3) is 0.278. The molecule has 0 fully saturated rings. The molecule has 0 atom stereocenters. The second-order valence-electron chi connectivity index (χ2n) is 5.51. The first-order valence-electron chi connectivity index (χ1n) is 8.14. The monoisotopic (exact) mass is 411 g/mol. The summed E-state index contributed by atoms with van der Waals surface area (Å²) in [6.45, 7) is 4.09. The van der Waals surface area contributed by atoms with Crippen molar-refractivity contribution in [1.29, 1.82) is 0 Å². The lowest BCUT2D eigenvalue weighted by molar-refractivity contribution is 0.102. The zero-order valence-electron chi connectivity index (χ0n) is 15.1. The number of rotatable bonds is 6. The lowest BCUT2D eigenvalue weighted by Crippen LogP contribution is -2.28. The first-order valence-corrected chi connectivity index (χ1v) is 8.89. The summed E-state index contributed by atoms with van der Waals surface area (Å²) in [6, 6.07) is 6.45. The molecule has 2 aromatic rings. The van der Waals surface area contributed by atoms with E-state index in [0.717, 1.165) is 6.42 Å². The normalized spacial score (nSPS) is 10.3. The molecule has 0 spiro atoms. The molecule has 0 aliphatic rings. The van der Waals surface area contributed by atoms with Gasteiger partial charge in [0.25, 0.3) is 5.91 Å². The number of hydrogen-bond acceptors (Lipinski definition) is 5. The molecule has 0 bridgehead atoms. The van der Waals surface area contributed by atoms with E-state index in [1.165, 1.54) is 13.2 Å². The third-order valence-electron chi connectivity index (χ3n) is 3.57. The van der Waals surface area contributed by atoms with Gasteiger partial charge in [-0.3, -0.25) is 4.79 Å². The summed E-state index contributed by atoms with van der Waals surface area (Å²) in [4.78, 5) is 28.6. The van der Waals surface area contributed by atoms with Gasteiger partial charge in [0.05, 0.1) is 7.11 Å². The topological polar surface area (TPSA) is 89.6 Å². The summed E-state index contributed by atoms with van der Waals surface area (Å²) < 4.78 is 10.2. The number of aromatic nitrogens is 1.